The van der Waals surface area contributed by atoms with Crippen LogP contribution in [0.5, 0.6) is 0 Å². The highest BCUT2D eigenvalue weighted by atomic mass is 16.5. The molecular formula is C8H14O2. The summed E-state index contributed by atoms with van der Waals surface area (Å²) in [4.78, 5) is 0. The number of hydrogen-bond acceptors (Lipinski definition) is 2. The van der Waals surface area contributed by atoms with E-state index in [0.29, 0.717) is 17.9 Å². The summed E-state index contributed by atoms with van der Waals surface area (Å²) in [6.45, 7) is 2.22. The van der Waals surface area contributed by atoms with Crippen LogP contribution < -0.4 is 0 Å². The lowest BCUT2D eigenvalue weighted by Crippen LogP contribution is -2.19. The Morgan fingerprint density at radius 3 is 2.60 bits per heavy atom. The Hall–Kier alpha value is -0.0800. The molecule has 2 rings (SSSR count). The number of aliphatic hydroxyl groups excluding tert-OH is 1. The molecule has 0 bridgehead atoms. The molecule has 0 amide bonds. The van der Waals surface area contributed by atoms with Gasteiger partial charge in [0, 0.05) is 19.8 Å². The molecule has 0 aromatic carbocycles. The molecule has 1 aliphatic carbocycles. The Balaban J connectivity index is 1.92. The van der Waals surface area contributed by atoms with Gasteiger partial charge in [-0.15, -0.1) is 0 Å². The van der Waals surface area contributed by atoms with Gasteiger partial charge in [0.15, 0.2) is 0 Å². The number of hydrogen-bond donors (Lipinski definition) is 1. The first-order valence-electron chi connectivity index (χ1n) is 4.06. The average molecular weight is 142 g/mol. The van der Waals surface area contributed by atoms with Crippen molar-refractivity contribution in [2.75, 3.05) is 19.8 Å². The quantitative estimate of drug-likeness (QED) is 0.586. The lowest BCUT2D eigenvalue weighted by molar-refractivity contribution is 0.0478. The zero-order valence-electron chi connectivity index (χ0n) is 6.18. The zero-order chi connectivity index (χ0) is 7.03. The van der Waals surface area contributed by atoms with Gasteiger partial charge in [0.1, 0.15) is 0 Å². The summed E-state index contributed by atoms with van der Waals surface area (Å²) >= 11 is 0. The van der Waals surface area contributed by atoms with Gasteiger partial charge in [0.2, 0.25) is 0 Å². The summed E-state index contributed by atoms with van der Waals surface area (Å²) in [5.41, 5.74) is 0.521. The van der Waals surface area contributed by atoms with Crippen LogP contribution in [0.25, 0.3) is 0 Å². The van der Waals surface area contributed by atoms with E-state index >= 15 is 0 Å². The van der Waals surface area contributed by atoms with Crippen LogP contribution in [0.3, 0.4) is 0 Å². The molecule has 1 spiro atoms. The number of aliphatic hydroxyl groups is 1. The second kappa shape index (κ2) is 2.21. The highest BCUT2D eigenvalue weighted by Gasteiger charge is 2.53. The van der Waals surface area contributed by atoms with Crippen molar-refractivity contribution in [3.8, 4) is 0 Å². The van der Waals surface area contributed by atoms with E-state index < -0.39 is 0 Å². The minimum absolute atomic E-state index is 0.389. The molecule has 58 valence electrons. The summed E-state index contributed by atoms with van der Waals surface area (Å²) in [6, 6.07) is 0. The van der Waals surface area contributed by atoms with Crippen LogP contribution in [0.2, 0.25) is 0 Å². The van der Waals surface area contributed by atoms with Crippen molar-refractivity contribution in [1.82, 2.24) is 0 Å². The van der Waals surface area contributed by atoms with Crippen molar-refractivity contribution >= 4 is 0 Å². The van der Waals surface area contributed by atoms with E-state index in [2.05, 4.69) is 0 Å². The Morgan fingerprint density at radius 1 is 1.40 bits per heavy atom. The van der Waals surface area contributed by atoms with Crippen molar-refractivity contribution in [1.29, 1.82) is 0 Å². The second-order valence-electron chi connectivity index (χ2n) is 3.56. The standard InChI is InChI=1S/C8H14O2/c9-6-7-5-8(7)1-3-10-4-2-8/h7,9H,1-6H2/t7-/m1/s1. The highest BCUT2D eigenvalue weighted by molar-refractivity contribution is 5.02. The second-order valence-corrected chi connectivity index (χ2v) is 3.56. The molecule has 2 fully saturated rings. The molecule has 0 aromatic rings. The maximum Gasteiger partial charge on any atom is 0.0471 e. The van der Waals surface area contributed by atoms with Crippen LogP contribution in [0.4, 0.5) is 0 Å². The van der Waals surface area contributed by atoms with Gasteiger partial charge in [-0.1, -0.05) is 0 Å². The summed E-state index contributed by atoms with van der Waals surface area (Å²) in [5.74, 6) is 0.608. The molecule has 1 atom stereocenters. The number of ether oxygens (including phenoxy) is 1. The van der Waals surface area contributed by atoms with E-state index in [9.17, 15) is 0 Å². The van der Waals surface area contributed by atoms with Gasteiger partial charge in [-0.2, -0.15) is 0 Å². The van der Waals surface area contributed by atoms with Gasteiger partial charge in [-0.05, 0) is 30.6 Å². The van der Waals surface area contributed by atoms with Crippen molar-refractivity contribution in [2.45, 2.75) is 19.3 Å². The highest BCUT2D eigenvalue weighted by Crippen LogP contribution is 2.58. The molecular weight excluding hydrogens is 128 g/mol. The van der Waals surface area contributed by atoms with Crippen molar-refractivity contribution in [3.05, 3.63) is 0 Å². The largest absolute Gasteiger partial charge is 0.396 e. The molecule has 1 aliphatic heterocycles. The zero-order valence-corrected chi connectivity index (χ0v) is 6.18. The first kappa shape index (κ1) is 6.62. The molecule has 0 aromatic heterocycles. The Bertz CT molecular complexity index is 127. The first-order chi connectivity index (χ1) is 4.87. The number of rotatable bonds is 1. The average Bonchev–Trinajstić information content (AvgIpc) is 2.65. The normalized spacial score (nSPS) is 36.3. The molecule has 10 heavy (non-hydrogen) atoms. The summed E-state index contributed by atoms with van der Waals surface area (Å²) in [5, 5.41) is 8.88. The lowest BCUT2D eigenvalue weighted by Gasteiger charge is -2.22. The molecule has 0 unspecified atom stereocenters. The fourth-order valence-corrected chi connectivity index (χ4v) is 2.08. The van der Waals surface area contributed by atoms with Crippen LogP contribution in [0, 0.1) is 11.3 Å². The predicted octanol–water partition coefficient (Wildman–Crippen LogP) is 0.795. The van der Waals surface area contributed by atoms with Crippen molar-refractivity contribution < 1.29 is 9.84 Å². The summed E-state index contributed by atoms with van der Waals surface area (Å²) < 4.78 is 5.26. The van der Waals surface area contributed by atoms with E-state index in [4.69, 9.17) is 9.84 Å². The molecule has 1 saturated heterocycles. The smallest absolute Gasteiger partial charge is 0.0471 e. The van der Waals surface area contributed by atoms with Gasteiger partial charge in [-0.3, -0.25) is 0 Å². The van der Waals surface area contributed by atoms with E-state index in [0.717, 1.165) is 13.2 Å². The van der Waals surface area contributed by atoms with E-state index in [-0.39, 0.29) is 0 Å². The molecule has 1 saturated carbocycles. The van der Waals surface area contributed by atoms with E-state index in [1.165, 1.54) is 19.3 Å². The Kier molecular flexibility index (Phi) is 1.46. The monoisotopic (exact) mass is 142 g/mol. The molecule has 2 aliphatic rings. The predicted molar refractivity (Wildman–Crippen MR) is 37.7 cm³/mol. The molecule has 1 N–H and O–H groups in total. The van der Waals surface area contributed by atoms with Crippen LogP contribution >= 0.6 is 0 Å². The topological polar surface area (TPSA) is 29.5 Å². The van der Waals surface area contributed by atoms with Crippen LogP contribution in [0.15, 0.2) is 0 Å². The van der Waals surface area contributed by atoms with Crippen LogP contribution in [0.1, 0.15) is 19.3 Å². The molecule has 0 radical (unpaired) electrons. The van der Waals surface area contributed by atoms with Gasteiger partial charge in [0.05, 0.1) is 0 Å². The molecule has 1 heterocycles. The van der Waals surface area contributed by atoms with Crippen molar-refractivity contribution in [3.63, 3.8) is 0 Å². The van der Waals surface area contributed by atoms with Crippen molar-refractivity contribution in [2.24, 2.45) is 11.3 Å². The van der Waals surface area contributed by atoms with Crippen LogP contribution in [-0.2, 0) is 4.74 Å². The SMILES string of the molecule is OC[C@H]1CC12CCOCC2. The van der Waals surface area contributed by atoms with Crippen LogP contribution in [-0.4, -0.2) is 24.9 Å². The molecule has 2 nitrogen and oxygen atoms in total. The third-order valence-corrected chi connectivity index (χ3v) is 3.07. The molecule has 2 heteroatoms. The van der Waals surface area contributed by atoms with E-state index in [1.807, 2.05) is 0 Å². The van der Waals surface area contributed by atoms with Gasteiger partial charge >= 0.3 is 0 Å². The third kappa shape index (κ3) is 0.867. The summed E-state index contributed by atoms with van der Waals surface area (Å²) in [7, 11) is 0. The van der Waals surface area contributed by atoms with Gasteiger partial charge in [-0.25, -0.2) is 0 Å². The summed E-state index contributed by atoms with van der Waals surface area (Å²) in [6.07, 6.45) is 3.60. The maximum absolute atomic E-state index is 8.88. The Morgan fingerprint density at radius 2 is 2.10 bits per heavy atom. The van der Waals surface area contributed by atoms with Gasteiger partial charge in [0.25, 0.3) is 0 Å². The van der Waals surface area contributed by atoms with E-state index in [1.54, 1.807) is 0 Å². The minimum atomic E-state index is 0.389. The first-order valence-corrected chi connectivity index (χ1v) is 4.06. The van der Waals surface area contributed by atoms with Gasteiger partial charge < -0.3 is 9.84 Å². The lowest BCUT2D eigenvalue weighted by atomic mass is 9.94. The maximum atomic E-state index is 8.88. The third-order valence-electron chi connectivity index (χ3n) is 3.07. The fraction of sp³-hybridized carbons (Fsp3) is 1.00. The fourth-order valence-electron chi connectivity index (χ4n) is 2.08. The minimum Gasteiger partial charge on any atom is -0.396 e. The Labute approximate surface area is 61.2 Å².